The number of rotatable bonds is 7. The molecule has 0 atom stereocenters. The van der Waals surface area contributed by atoms with Crippen molar-refractivity contribution in [1.82, 2.24) is 0 Å². The maximum atomic E-state index is 5.64. The fraction of sp³-hybridized carbons (Fsp3) is 0.368. The third kappa shape index (κ3) is 3.44. The molecule has 4 nitrogen and oxygen atoms in total. The number of ether oxygens (including phenoxy) is 4. The average molecular weight is 348 g/mol. The molecule has 0 radical (unpaired) electrons. The molecule has 0 unspecified atom stereocenters. The van der Waals surface area contributed by atoms with Crippen molar-refractivity contribution in [1.29, 1.82) is 0 Å². The molecule has 0 fully saturated rings. The third-order valence-electron chi connectivity index (χ3n) is 3.80. The first kappa shape index (κ1) is 18.4. The smallest absolute Gasteiger partial charge is 0.130 e. The minimum Gasteiger partial charge on any atom is -0.496 e. The molecule has 0 saturated heterocycles. The van der Waals surface area contributed by atoms with Crippen LogP contribution in [0.1, 0.15) is 13.8 Å². The van der Waals surface area contributed by atoms with Crippen molar-refractivity contribution in [3.63, 3.8) is 0 Å². The van der Waals surface area contributed by atoms with Crippen molar-refractivity contribution < 1.29 is 18.9 Å². The van der Waals surface area contributed by atoms with Crippen molar-refractivity contribution in [3.05, 3.63) is 36.4 Å². The second-order valence-corrected chi connectivity index (χ2v) is 8.15. The van der Waals surface area contributed by atoms with E-state index in [0.717, 1.165) is 33.6 Å². The van der Waals surface area contributed by atoms with Crippen LogP contribution in [-0.4, -0.2) is 34.1 Å². The van der Waals surface area contributed by atoms with Crippen LogP contribution >= 0.6 is 7.92 Å². The summed E-state index contributed by atoms with van der Waals surface area (Å²) < 4.78 is 22.6. The first-order valence-electron chi connectivity index (χ1n) is 7.80. The Labute approximate surface area is 145 Å². The Hall–Kier alpha value is -1.93. The Morgan fingerprint density at radius 2 is 0.917 bits per heavy atom. The third-order valence-corrected chi connectivity index (χ3v) is 6.68. The van der Waals surface area contributed by atoms with Gasteiger partial charge in [0.2, 0.25) is 0 Å². The SMILES string of the molecule is COc1cccc(OC)c1P(c1c(OC)cccc1OC)C(C)C. The minimum atomic E-state index is -0.816. The Balaban J connectivity index is 2.78. The van der Waals surface area contributed by atoms with Gasteiger partial charge in [0.05, 0.1) is 39.0 Å². The number of hydrogen-bond donors (Lipinski definition) is 0. The summed E-state index contributed by atoms with van der Waals surface area (Å²) in [5.74, 6) is 3.29. The molecular formula is C19H25O4P. The monoisotopic (exact) mass is 348 g/mol. The quantitative estimate of drug-likeness (QED) is 0.717. The fourth-order valence-corrected chi connectivity index (χ4v) is 5.64. The molecule has 2 rings (SSSR count). The van der Waals surface area contributed by atoms with Crippen LogP contribution in [-0.2, 0) is 0 Å². The summed E-state index contributed by atoms with van der Waals surface area (Å²) in [6, 6.07) is 11.8. The van der Waals surface area contributed by atoms with Gasteiger partial charge in [-0.25, -0.2) is 0 Å². The van der Waals surface area contributed by atoms with Crippen LogP contribution in [0.4, 0.5) is 0 Å². The van der Waals surface area contributed by atoms with Crippen molar-refractivity contribution in [2.75, 3.05) is 28.4 Å². The van der Waals surface area contributed by atoms with Crippen LogP contribution in [0.5, 0.6) is 23.0 Å². The molecule has 0 saturated carbocycles. The largest absolute Gasteiger partial charge is 0.496 e. The lowest BCUT2D eigenvalue weighted by Gasteiger charge is -2.28. The molecule has 0 aliphatic rings. The van der Waals surface area contributed by atoms with Gasteiger partial charge < -0.3 is 18.9 Å². The van der Waals surface area contributed by atoms with Crippen LogP contribution in [0.15, 0.2) is 36.4 Å². The maximum absolute atomic E-state index is 5.64. The zero-order valence-corrected chi connectivity index (χ0v) is 16.0. The number of methoxy groups -OCH3 is 4. The molecule has 0 N–H and O–H groups in total. The summed E-state index contributed by atoms with van der Waals surface area (Å²) in [6.45, 7) is 4.40. The van der Waals surface area contributed by atoms with E-state index in [2.05, 4.69) is 13.8 Å². The van der Waals surface area contributed by atoms with Crippen molar-refractivity contribution >= 4 is 18.5 Å². The van der Waals surface area contributed by atoms with Gasteiger partial charge in [-0.15, -0.1) is 0 Å². The van der Waals surface area contributed by atoms with E-state index in [0.29, 0.717) is 5.66 Å². The molecule has 0 aliphatic carbocycles. The summed E-state index contributed by atoms with van der Waals surface area (Å²) in [7, 11) is 5.93. The van der Waals surface area contributed by atoms with Crippen LogP contribution in [0.3, 0.4) is 0 Å². The van der Waals surface area contributed by atoms with Crippen molar-refractivity contribution in [2.45, 2.75) is 19.5 Å². The van der Waals surface area contributed by atoms with E-state index in [-0.39, 0.29) is 0 Å². The van der Waals surface area contributed by atoms with Crippen LogP contribution in [0.25, 0.3) is 0 Å². The molecule has 0 aromatic heterocycles. The van der Waals surface area contributed by atoms with Crippen molar-refractivity contribution in [2.24, 2.45) is 0 Å². The van der Waals surface area contributed by atoms with Gasteiger partial charge >= 0.3 is 0 Å². The average Bonchev–Trinajstić information content (AvgIpc) is 2.61. The molecule has 5 heteroatoms. The normalized spacial score (nSPS) is 10.8. The summed E-state index contributed by atoms with van der Waals surface area (Å²) in [5, 5.41) is 2.13. The molecule has 0 heterocycles. The molecule has 0 bridgehead atoms. The van der Waals surface area contributed by atoms with Gasteiger partial charge in [-0.05, 0) is 37.8 Å². The Bertz CT molecular complexity index is 585. The summed E-state index contributed by atoms with van der Waals surface area (Å²) in [6.07, 6.45) is 0. The molecule has 2 aromatic rings. The molecule has 2 aromatic carbocycles. The van der Waals surface area contributed by atoms with Gasteiger partial charge in [-0.3, -0.25) is 0 Å². The van der Waals surface area contributed by atoms with E-state index >= 15 is 0 Å². The topological polar surface area (TPSA) is 36.9 Å². The lowest BCUT2D eigenvalue weighted by atomic mass is 10.3. The summed E-state index contributed by atoms with van der Waals surface area (Å²) in [5.41, 5.74) is 0.343. The van der Waals surface area contributed by atoms with Crippen LogP contribution in [0.2, 0.25) is 0 Å². The molecule has 0 amide bonds. The number of benzene rings is 2. The lowest BCUT2D eigenvalue weighted by molar-refractivity contribution is 0.399. The van der Waals surface area contributed by atoms with Crippen molar-refractivity contribution in [3.8, 4) is 23.0 Å². The number of hydrogen-bond acceptors (Lipinski definition) is 4. The summed E-state index contributed by atoms with van der Waals surface area (Å²) >= 11 is 0. The highest BCUT2D eigenvalue weighted by Crippen LogP contribution is 2.49. The van der Waals surface area contributed by atoms with Gasteiger partial charge in [0, 0.05) is 0 Å². The Morgan fingerprint density at radius 1 is 0.625 bits per heavy atom. The molecule has 24 heavy (non-hydrogen) atoms. The predicted octanol–water partition coefficient (Wildman–Crippen LogP) is 3.56. The minimum absolute atomic E-state index is 0.343. The van der Waals surface area contributed by atoms with E-state index in [1.165, 1.54) is 0 Å². The van der Waals surface area contributed by atoms with Gasteiger partial charge in [0.1, 0.15) is 23.0 Å². The van der Waals surface area contributed by atoms with Gasteiger partial charge in [0.25, 0.3) is 0 Å². The van der Waals surface area contributed by atoms with E-state index < -0.39 is 7.92 Å². The highest BCUT2D eigenvalue weighted by molar-refractivity contribution is 7.74. The highest BCUT2D eigenvalue weighted by Gasteiger charge is 2.30. The van der Waals surface area contributed by atoms with E-state index in [4.69, 9.17) is 18.9 Å². The maximum Gasteiger partial charge on any atom is 0.130 e. The van der Waals surface area contributed by atoms with Gasteiger partial charge in [0.15, 0.2) is 0 Å². The van der Waals surface area contributed by atoms with Gasteiger partial charge in [-0.2, -0.15) is 0 Å². The second-order valence-electron chi connectivity index (χ2n) is 5.49. The standard InChI is InChI=1S/C19H25O4P/c1-13(2)24(18-14(20-3)9-7-10-15(18)21-4)19-16(22-5)11-8-12-17(19)23-6/h7-13H,1-6H3. The fourth-order valence-electron chi connectivity index (χ4n) is 2.77. The predicted molar refractivity (Wildman–Crippen MR) is 100 cm³/mol. The van der Waals surface area contributed by atoms with E-state index in [1.54, 1.807) is 28.4 Å². The summed E-state index contributed by atoms with van der Waals surface area (Å²) in [4.78, 5) is 0. The van der Waals surface area contributed by atoms with E-state index in [1.807, 2.05) is 36.4 Å². The molecular weight excluding hydrogens is 323 g/mol. The first-order valence-corrected chi connectivity index (χ1v) is 9.21. The zero-order chi connectivity index (χ0) is 17.7. The highest BCUT2D eigenvalue weighted by atomic mass is 31.1. The molecule has 130 valence electrons. The molecule has 0 aliphatic heterocycles. The van der Waals surface area contributed by atoms with Crippen LogP contribution in [0, 0.1) is 0 Å². The second kappa shape index (κ2) is 8.25. The van der Waals surface area contributed by atoms with Gasteiger partial charge in [-0.1, -0.05) is 26.0 Å². The Kier molecular flexibility index (Phi) is 6.33. The first-order chi connectivity index (χ1) is 11.6. The molecule has 0 spiro atoms. The van der Waals surface area contributed by atoms with E-state index in [9.17, 15) is 0 Å². The Morgan fingerprint density at radius 3 is 1.12 bits per heavy atom. The van der Waals surface area contributed by atoms with Crippen LogP contribution < -0.4 is 29.6 Å². The lowest BCUT2D eigenvalue weighted by Crippen LogP contribution is -2.23. The zero-order valence-electron chi connectivity index (χ0n) is 15.1.